The first-order valence-electron chi connectivity index (χ1n) is 11.9. The molecule has 0 heterocycles. The van der Waals surface area contributed by atoms with Crippen LogP contribution in [0.3, 0.4) is 0 Å². The Bertz CT molecular complexity index is 1070. The van der Waals surface area contributed by atoms with Crippen LogP contribution in [-0.2, 0) is 14.3 Å². The topological polar surface area (TPSA) is 105 Å². The van der Waals surface area contributed by atoms with Crippen molar-refractivity contribution in [1.29, 1.82) is 0 Å². The molecule has 184 valence electrons. The number of hydrogen-bond donors (Lipinski definition) is 3. The van der Waals surface area contributed by atoms with Crippen LogP contribution in [0.25, 0.3) is 11.1 Å². The van der Waals surface area contributed by atoms with E-state index in [1.165, 1.54) is 22.3 Å². The molecule has 0 saturated heterocycles. The van der Waals surface area contributed by atoms with Gasteiger partial charge in [0.2, 0.25) is 5.91 Å². The van der Waals surface area contributed by atoms with E-state index < -0.39 is 12.1 Å². The van der Waals surface area contributed by atoms with Crippen LogP contribution in [0.4, 0.5) is 4.79 Å². The van der Waals surface area contributed by atoms with Crippen molar-refractivity contribution in [2.24, 2.45) is 11.8 Å². The van der Waals surface area contributed by atoms with Crippen LogP contribution in [-0.4, -0.2) is 42.8 Å². The second kappa shape index (κ2) is 12.6. The number of hydrogen-bond acceptors (Lipinski definition) is 4. The minimum absolute atomic E-state index is 0.0147. The van der Waals surface area contributed by atoms with Gasteiger partial charge in [0, 0.05) is 24.8 Å². The predicted molar refractivity (Wildman–Crippen MR) is 134 cm³/mol. The fraction of sp³-hybridized carbons (Fsp3) is 0.393. The highest BCUT2D eigenvalue weighted by atomic mass is 16.5. The molecule has 0 radical (unpaired) electrons. The second-order valence-corrected chi connectivity index (χ2v) is 8.97. The van der Waals surface area contributed by atoms with Gasteiger partial charge in [0.15, 0.2) is 0 Å². The van der Waals surface area contributed by atoms with Crippen LogP contribution in [0.5, 0.6) is 0 Å². The summed E-state index contributed by atoms with van der Waals surface area (Å²) in [7, 11) is 0. The van der Waals surface area contributed by atoms with E-state index in [0.717, 1.165) is 6.42 Å². The lowest BCUT2D eigenvalue weighted by atomic mass is 9.88. The van der Waals surface area contributed by atoms with Gasteiger partial charge < -0.3 is 20.5 Å². The number of benzene rings is 2. The number of nitrogens with one attached hydrogen (secondary N) is 2. The lowest BCUT2D eigenvalue weighted by Gasteiger charge is -2.21. The molecule has 0 fully saturated rings. The highest BCUT2D eigenvalue weighted by Gasteiger charge is 2.29. The smallest absolute Gasteiger partial charge is 0.407 e. The first kappa shape index (κ1) is 25.8. The van der Waals surface area contributed by atoms with E-state index >= 15 is 0 Å². The second-order valence-electron chi connectivity index (χ2n) is 8.97. The molecule has 1 aliphatic carbocycles. The molecule has 0 spiro atoms. The lowest BCUT2D eigenvalue weighted by Crippen LogP contribution is -2.29. The molecular formula is C28H32N2O5. The molecule has 1 atom stereocenters. The maximum absolute atomic E-state index is 12.4. The van der Waals surface area contributed by atoms with Gasteiger partial charge in [0.1, 0.15) is 6.61 Å². The largest absolute Gasteiger partial charge is 0.472 e. The lowest BCUT2D eigenvalue weighted by molar-refractivity contribution is -0.130. The Morgan fingerprint density at radius 1 is 0.971 bits per heavy atom. The van der Waals surface area contributed by atoms with Crippen molar-refractivity contribution in [3.05, 3.63) is 59.7 Å². The third kappa shape index (κ3) is 7.35. The highest BCUT2D eigenvalue weighted by Crippen LogP contribution is 2.44. The quantitative estimate of drug-likeness (QED) is 0.447. The molecule has 3 N–H and O–H groups in total. The number of carbonyl (C=O) groups excluding carboxylic acids is 2. The van der Waals surface area contributed by atoms with Crippen LogP contribution in [0.2, 0.25) is 0 Å². The molecule has 0 saturated carbocycles. The molecule has 2 aromatic carbocycles. The van der Waals surface area contributed by atoms with Gasteiger partial charge in [-0.1, -0.05) is 68.3 Å². The number of aliphatic carboxylic acids is 1. The third-order valence-electron chi connectivity index (χ3n) is 6.38. The van der Waals surface area contributed by atoms with E-state index in [0.29, 0.717) is 25.3 Å². The Balaban J connectivity index is 1.42. The number of amides is 2. The number of carboxylic acid groups (broad SMARTS) is 1. The minimum atomic E-state index is -1.22. The normalized spacial score (nSPS) is 12.7. The summed E-state index contributed by atoms with van der Waals surface area (Å²) in [6.45, 7) is 4.94. The summed E-state index contributed by atoms with van der Waals surface area (Å²) in [5.41, 5.74) is 4.73. The SMILES string of the molecule is CC(C)C(CCNC(=O)OCC1c2ccccc2-c2ccccc21)CCC(=O)NCC#CC(=O)O. The van der Waals surface area contributed by atoms with Gasteiger partial charge in [-0.2, -0.15) is 0 Å². The number of carboxylic acids is 1. The summed E-state index contributed by atoms with van der Waals surface area (Å²) in [5, 5.41) is 13.9. The molecule has 7 nitrogen and oxygen atoms in total. The Morgan fingerprint density at radius 2 is 1.60 bits per heavy atom. The summed E-state index contributed by atoms with van der Waals surface area (Å²) in [5.74, 6) is 3.57. The molecule has 1 aliphatic rings. The minimum Gasteiger partial charge on any atom is -0.472 e. The van der Waals surface area contributed by atoms with Gasteiger partial charge in [-0.3, -0.25) is 4.79 Å². The number of fused-ring (bicyclic) bond motifs is 3. The molecule has 35 heavy (non-hydrogen) atoms. The molecule has 2 amide bonds. The first-order chi connectivity index (χ1) is 16.9. The van der Waals surface area contributed by atoms with E-state index in [1.54, 1.807) is 0 Å². The number of alkyl carbamates (subject to hydrolysis) is 1. The maximum Gasteiger partial charge on any atom is 0.407 e. The number of carbonyl (C=O) groups is 3. The van der Waals surface area contributed by atoms with Crippen molar-refractivity contribution in [3.63, 3.8) is 0 Å². The van der Waals surface area contributed by atoms with Gasteiger partial charge in [-0.25, -0.2) is 9.59 Å². The average Bonchev–Trinajstić information content (AvgIpc) is 3.16. The number of ether oxygens (including phenoxy) is 1. The zero-order valence-corrected chi connectivity index (χ0v) is 20.2. The standard InChI is InChI=1S/C28H32N2O5/c1-19(2)20(13-14-26(31)29-16-7-12-27(32)33)15-17-30-28(34)35-18-25-23-10-5-3-8-21(23)22-9-4-6-11-24(22)25/h3-6,8-11,19-20,25H,13-18H2,1-2H3,(H,29,31)(H,30,34)(H,32,33). The zero-order chi connectivity index (χ0) is 25.2. The van der Waals surface area contributed by atoms with Gasteiger partial charge >= 0.3 is 12.1 Å². The Labute approximate surface area is 206 Å². The van der Waals surface area contributed by atoms with E-state index in [2.05, 4.69) is 54.7 Å². The van der Waals surface area contributed by atoms with Crippen LogP contribution < -0.4 is 10.6 Å². The third-order valence-corrected chi connectivity index (χ3v) is 6.38. The summed E-state index contributed by atoms with van der Waals surface area (Å²) in [6, 6.07) is 16.4. The zero-order valence-electron chi connectivity index (χ0n) is 20.2. The van der Waals surface area contributed by atoms with Crippen LogP contribution in [0.15, 0.2) is 48.5 Å². The molecule has 7 heteroatoms. The van der Waals surface area contributed by atoms with E-state index in [9.17, 15) is 14.4 Å². The molecule has 0 aromatic heterocycles. The van der Waals surface area contributed by atoms with Crippen LogP contribution >= 0.6 is 0 Å². The van der Waals surface area contributed by atoms with E-state index in [4.69, 9.17) is 9.84 Å². The van der Waals surface area contributed by atoms with Crippen molar-refractivity contribution >= 4 is 18.0 Å². The van der Waals surface area contributed by atoms with Crippen molar-refractivity contribution in [3.8, 4) is 23.0 Å². The molecule has 0 aliphatic heterocycles. The van der Waals surface area contributed by atoms with Gasteiger partial charge in [0.25, 0.3) is 0 Å². The monoisotopic (exact) mass is 476 g/mol. The van der Waals surface area contributed by atoms with Crippen LogP contribution in [0.1, 0.15) is 50.2 Å². The number of rotatable bonds is 10. The Hall–Kier alpha value is -3.79. The summed E-state index contributed by atoms with van der Waals surface area (Å²) < 4.78 is 5.58. The molecular weight excluding hydrogens is 444 g/mol. The Morgan fingerprint density at radius 3 is 2.20 bits per heavy atom. The maximum atomic E-state index is 12.4. The predicted octanol–water partition coefficient (Wildman–Crippen LogP) is 4.17. The molecule has 3 rings (SSSR count). The van der Waals surface area contributed by atoms with Gasteiger partial charge in [-0.15, -0.1) is 0 Å². The van der Waals surface area contributed by atoms with E-state index in [-0.39, 0.29) is 30.9 Å². The molecule has 1 unspecified atom stereocenters. The highest BCUT2D eigenvalue weighted by molar-refractivity contribution is 5.86. The fourth-order valence-corrected chi connectivity index (χ4v) is 4.49. The average molecular weight is 477 g/mol. The van der Waals surface area contributed by atoms with Crippen molar-refractivity contribution in [1.82, 2.24) is 10.6 Å². The van der Waals surface area contributed by atoms with Gasteiger partial charge in [0.05, 0.1) is 6.54 Å². The summed E-state index contributed by atoms with van der Waals surface area (Å²) in [4.78, 5) is 34.7. The first-order valence-corrected chi connectivity index (χ1v) is 11.9. The van der Waals surface area contributed by atoms with Crippen LogP contribution in [0, 0.1) is 23.7 Å². The van der Waals surface area contributed by atoms with Crippen molar-refractivity contribution in [2.45, 2.75) is 39.0 Å². The van der Waals surface area contributed by atoms with Gasteiger partial charge in [-0.05, 0) is 46.9 Å². The molecule has 0 bridgehead atoms. The van der Waals surface area contributed by atoms with Crippen molar-refractivity contribution in [2.75, 3.05) is 19.7 Å². The van der Waals surface area contributed by atoms with E-state index in [1.807, 2.05) is 30.2 Å². The molecule has 2 aromatic rings. The Kier molecular flexibility index (Phi) is 9.31. The summed E-state index contributed by atoms with van der Waals surface area (Å²) in [6.07, 6.45) is 1.28. The fourth-order valence-electron chi connectivity index (χ4n) is 4.49. The summed E-state index contributed by atoms with van der Waals surface area (Å²) >= 11 is 0. The van der Waals surface area contributed by atoms with Crippen molar-refractivity contribution < 1.29 is 24.2 Å².